The molecule has 0 fully saturated rings. The molecular formula is C18H28BrLiO4P. The van der Waals surface area contributed by atoms with E-state index >= 15 is 0 Å². The van der Waals surface area contributed by atoms with Crippen molar-refractivity contribution in [3.05, 3.63) is 16.1 Å². The Hall–Kier alpha value is -0.203. The van der Waals surface area contributed by atoms with Crippen molar-refractivity contribution < 1.29 is 19.0 Å². The van der Waals surface area contributed by atoms with E-state index in [1.165, 1.54) is 7.11 Å². The summed E-state index contributed by atoms with van der Waals surface area (Å²) < 4.78 is 16.9. The Labute approximate surface area is 173 Å². The predicted octanol–water partition coefficient (Wildman–Crippen LogP) is 4.99. The topological polar surface area (TPSA) is 44.8 Å². The number of benzene rings is 1. The van der Waals surface area contributed by atoms with Gasteiger partial charge in [0.25, 0.3) is 0 Å². The van der Waals surface area contributed by atoms with Gasteiger partial charge >= 0.3 is 0 Å². The van der Waals surface area contributed by atoms with Gasteiger partial charge in [0, 0.05) is 24.9 Å². The van der Waals surface area contributed by atoms with Crippen LogP contribution in [0, 0.1) is 11.3 Å². The van der Waals surface area contributed by atoms with Crippen molar-refractivity contribution >= 4 is 48.9 Å². The fourth-order valence-corrected chi connectivity index (χ4v) is 4.47. The van der Waals surface area contributed by atoms with Gasteiger partial charge in [0.2, 0.25) is 0 Å². The van der Waals surface area contributed by atoms with E-state index in [1.54, 1.807) is 20.3 Å². The van der Waals surface area contributed by atoms with Gasteiger partial charge in [0.15, 0.2) is 17.0 Å². The van der Waals surface area contributed by atoms with E-state index < -0.39 is 0 Å². The normalized spacial score (nSPS) is 12.6. The molecule has 1 radical (unpaired) electrons. The van der Waals surface area contributed by atoms with Crippen molar-refractivity contribution in [3.63, 3.8) is 0 Å². The van der Waals surface area contributed by atoms with Crippen molar-refractivity contribution in [1.29, 1.82) is 0 Å². The Morgan fingerprint density at radius 1 is 1.16 bits per heavy atom. The largest absolute Gasteiger partial charge is 0.495 e. The zero-order chi connectivity index (χ0) is 18.5. The zero-order valence-corrected chi connectivity index (χ0v) is 19.2. The van der Waals surface area contributed by atoms with E-state index in [0.29, 0.717) is 33.2 Å². The van der Waals surface area contributed by atoms with Gasteiger partial charge in [-0.25, -0.2) is 0 Å². The molecule has 1 aromatic carbocycles. The Morgan fingerprint density at radius 2 is 1.72 bits per heavy atom. The van der Waals surface area contributed by atoms with Gasteiger partial charge in [-0.05, 0) is 48.4 Å². The number of rotatable bonds is 8. The summed E-state index contributed by atoms with van der Waals surface area (Å²) in [7, 11) is 4.81. The molecule has 0 aliphatic heterocycles. The molecule has 137 valence electrons. The van der Waals surface area contributed by atoms with Gasteiger partial charge in [-0.3, -0.25) is 4.79 Å². The van der Waals surface area contributed by atoms with Gasteiger partial charge in [0.1, 0.15) is 11.3 Å². The minimum atomic E-state index is 0. The molecule has 25 heavy (non-hydrogen) atoms. The summed E-state index contributed by atoms with van der Waals surface area (Å²) in [6.45, 7) is 8.86. The Morgan fingerprint density at radius 3 is 2.16 bits per heavy atom. The summed E-state index contributed by atoms with van der Waals surface area (Å²) in [4.78, 5) is 12.9. The number of ether oxygens (including phenoxy) is 3. The molecule has 1 aromatic rings. The van der Waals surface area contributed by atoms with E-state index in [9.17, 15) is 4.79 Å². The fourth-order valence-electron chi connectivity index (χ4n) is 2.82. The van der Waals surface area contributed by atoms with Crippen LogP contribution in [0.3, 0.4) is 0 Å². The molecule has 0 amide bonds. The number of hydrogen-bond acceptors (Lipinski definition) is 4. The first-order valence-electron chi connectivity index (χ1n) is 7.91. The molecule has 0 heterocycles. The molecule has 2 atom stereocenters. The van der Waals surface area contributed by atoms with Crippen LogP contribution >= 0.6 is 24.5 Å². The Balaban J connectivity index is 0.00000576. The second-order valence-corrected chi connectivity index (χ2v) is 9.15. The average molecular weight is 426 g/mol. The molecule has 0 spiro atoms. The van der Waals surface area contributed by atoms with Crippen molar-refractivity contribution in [3.8, 4) is 17.2 Å². The molecule has 0 aliphatic rings. The third-order valence-corrected chi connectivity index (χ3v) is 5.64. The smallest absolute Gasteiger partial charge is 0.188 e. The van der Waals surface area contributed by atoms with Crippen LogP contribution in [-0.4, -0.2) is 51.9 Å². The van der Waals surface area contributed by atoms with Crippen molar-refractivity contribution in [2.24, 2.45) is 11.3 Å². The molecule has 0 aliphatic carbocycles. The Kier molecular flexibility index (Phi) is 10.7. The maximum atomic E-state index is 12.9. The van der Waals surface area contributed by atoms with Crippen LogP contribution in [0.1, 0.15) is 44.5 Å². The minimum absolute atomic E-state index is 0. The third kappa shape index (κ3) is 7.14. The number of hydrogen-bond donors (Lipinski definition) is 0. The maximum absolute atomic E-state index is 12.9. The quantitative estimate of drug-likeness (QED) is 0.434. The molecule has 0 N–H and O–H groups in total. The van der Waals surface area contributed by atoms with Crippen molar-refractivity contribution in [1.82, 2.24) is 0 Å². The molecular weight excluding hydrogens is 398 g/mol. The monoisotopic (exact) mass is 425 g/mol. The van der Waals surface area contributed by atoms with E-state index in [2.05, 4.69) is 43.6 Å². The first-order valence-corrected chi connectivity index (χ1v) is 9.91. The van der Waals surface area contributed by atoms with Crippen molar-refractivity contribution in [2.45, 2.75) is 34.1 Å². The fraction of sp³-hybridized carbons (Fsp3) is 0.611. The van der Waals surface area contributed by atoms with Crippen molar-refractivity contribution in [2.75, 3.05) is 27.5 Å². The molecule has 0 aromatic heterocycles. The number of carbonyl (C=O) groups is 1. The second kappa shape index (κ2) is 10.8. The van der Waals surface area contributed by atoms with Gasteiger partial charge in [0.05, 0.1) is 25.8 Å². The van der Waals surface area contributed by atoms with Gasteiger partial charge in [-0.2, -0.15) is 0 Å². The second-order valence-electron chi connectivity index (χ2n) is 7.08. The first kappa shape index (κ1) is 24.8. The van der Waals surface area contributed by atoms with Crippen LogP contribution in [0.15, 0.2) is 10.5 Å². The molecule has 2 unspecified atom stereocenters. The van der Waals surface area contributed by atoms with Crippen LogP contribution in [0.25, 0.3) is 0 Å². The molecule has 4 nitrogen and oxygen atoms in total. The summed E-state index contributed by atoms with van der Waals surface area (Å²) in [6, 6.07) is 1.75. The van der Waals surface area contributed by atoms with Gasteiger partial charge in [-0.1, -0.05) is 27.7 Å². The molecule has 7 heteroatoms. The van der Waals surface area contributed by atoms with E-state index in [0.717, 1.165) is 12.6 Å². The van der Waals surface area contributed by atoms with Gasteiger partial charge < -0.3 is 14.2 Å². The summed E-state index contributed by atoms with van der Waals surface area (Å²) in [5.41, 5.74) is 0.748. The van der Waals surface area contributed by atoms with E-state index in [1.807, 2.05) is 0 Å². The predicted molar refractivity (Wildman–Crippen MR) is 110 cm³/mol. The SMILES string of the molecule is COc1cc(Br)c(OC)c(C(=O)PCC(C)CC(C)(C)C)c1OC.[Li]. The van der Waals surface area contributed by atoms with E-state index in [-0.39, 0.29) is 38.4 Å². The summed E-state index contributed by atoms with van der Waals surface area (Å²) in [6.07, 6.45) is 1.95. The maximum Gasteiger partial charge on any atom is 0.188 e. The van der Waals surface area contributed by atoms with Gasteiger partial charge in [-0.15, -0.1) is 0 Å². The Bertz CT molecular complexity index is 587. The summed E-state index contributed by atoms with van der Waals surface area (Å²) in [5.74, 6) is 1.92. The summed E-state index contributed by atoms with van der Waals surface area (Å²) >= 11 is 3.44. The molecule has 0 saturated heterocycles. The van der Waals surface area contributed by atoms with Crippen LogP contribution in [0.4, 0.5) is 0 Å². The van der Waals surface area contributed by atoms with Crippen LogP contribution in [0.5, 0.6) is 17.2 Å². The summed E-state index contributed by atoms with van der Waals surface area (Å²) in [5, 5.41) is 0. The number of halogens is 1. The van der Waals surface area contributed by atoms with E-state index in [4.69, 9.17) is 14.2 Å². The molecule has 0 bridgehead atoms. The number of methoxy groups -OCH3 is 3. The molecule has 0 saturated carbocycles. The zero-order valence-electron chi connectivity index (χ0n) is 16.6. The third-order valence-electron chi connectivity index (χ3n) is 3.58. The molecule has 1 rings (SSSR count). The average Bonchev–Trinajstić information content (AvgIpc) is 2.49. The first-order chi connectivity index (χ1) is 11.1. The van der Waals surface area contributed by atoms with Crippen LogP contribution in [-0.2, 0) is 0 Å². The standard InChI is InChI=1S/C18H28BrO4P.Li/c1-11(9-18(2,3)4)10-24-17(20)14-15(22-6)12(19)8-13(21-5)16(14)23-7;/h8,11,24H,9-10H2,1-7H3;. The van der Waals surface area contributed by atoms with Crippen LogP contribution in [0.2, 0.25) is 0 Å². The number of carbonyl (C=O) groups excluding carboxylic acids is 1. The minimum Gasteiger partial charge on any atom is -0.495 e. The van der Waals surface area contributed by atoms with Crippen LogP contribution < -0.4 is 14.2 Å².